The van der Waals surface area contributed by atoms with Gasteiger partial charge in [-0.15, -0.1) is 0 Å². The molecule has 0 aromatic heterocycles. The number of carboxylic acid groups (broad SMARTS) is 2. The van der Waals surface area contributed by atoms with Gasteiger partial charge < -0.3 is 20.3 Å². The van der Waals surface area contributed by atoms with Crippen LogP contribution in [0.2, 0.25) is 0 Å². The van der Waals surface area contributed by atoms with Crippen molar-refractivity contribution in [1.82, 2.24) is 5.32 Å². The molecule has 0 unspecified atom stereocenters. The highest BCUT2D eigenvalue weighted by atomic mass is 16.5. The number of methoxy groups -OCH3 is 1. The monoisotopic (exact) mass is 613 g/mol. The van der Waals surface area contributed by atoms with Gasteiger partial charge in [-0.3, -0.25) is 24.0 Å². The molecule has 5 aliphatic carbocycles. The van der Waals surface area contributed by atoms with Crippen molar-refractivity contribution < 1.29 is 38.9 Å². The first kappa shape index (κ1) is 32.7. The lowest BCUT2D eigenvalue weighted by Crippen LogP contribution is -2.69. The van der Waals surface area contributed by atoms with Crippen LogP contribution in [0.15, 0.2) is 11.6 Å². The maximum absolute atomic E-state index is 14.5. The first-order valence-corrected chi connectivity index (χ1v) is 16.4. The molecule has 0 aromatic carbocycles. The fourth-order valence-corrected chi connectivity index (χ4v) is 11.2. The Labute approximate surface area is 260 Å². The highest BCUT2D eigenvalue weighted by molar-refractivity contribution is 5.96. The zero-order valence-electron chi connectivity index (χ0n) is 27.5. The number of fused-ring (bicyclic) bond motifs is 7. The molecular weight excluding hydrogens is 562 g/mol. The third-order valence-corrected chi connectivity index (χ3v) is 14.4. The summed E-state index contributed by atoms with van der Waals surface area (Å²) in [6, 6.07) is -0.626. The van der Waals surface area contributed by atoms with Crippen LogP contribution in [0.1, 0.15) is 112 Å². The zero-order chi connectivity index (χ0) is 32.7. The molecule has 5 aliphatic rings. The number of aliphatic carboxylic acids is 2. The second-order valence-electron chi connectivity index (χ2n) is 16.4. The number of allylic oxidation sites excluding steroid dienone is 2. The molecule has 9 nitrogen and oxygen atoms in total. The van der Waals surface area contributed by atoms with Crippen LogP contribution in [0, 0.1) is 50.2 Å². The largest absolute Gasteiger partial charge is 0.481 e. The van der Waals surface area contributed by atoms with Gasteiger partial charge in [0.2, 0.25) is 5.91 Å². The van der Waals surface area contributed by atoms with E-state index in [1.54, 1.807) is 6.92 Å². The zero-order valence-corrected chi connectivity index (χ0v) is 27.5. The van der Waals surface area contributed by atoms with Crippen molar-refractivity contribution in [3.63, 3.8) is 0 Å². The van der Waals surface area contributed by atoms with E-state index >= 15 is 0 Å². The lowest BCUT2D eigenvalue weighted by molar-refractivity contribution is -0.202. The van der Waals surface area contributed by atoms with E-state index < -0.39 is 45.6 Å². The molecule has 0 spiro atoms. The van der Waals surface area contributed by atoms with Crippen LogP contribution in [0.3, 0.4) is 0 Å². The van der Waals surface area contributed by atoms with Crippen molar-refractivity contribution in [2.75, 3.05) is 7.11 Å². The molecule has 10 atom stereocenters. The van der Waals surface area contributed by atoms with Gasteiger partial charge in [0, 0.05) is 18.4 Å². The molecule has 3 N–H and O–H groups in total. The van der Waals surface area contributed by atoms with E-state index in [-0.39, 0.29) is 53.1 Å². The summed E-state index contributed by atoms with van der Waals surface area (Å²) in [6.07, 6.45) is 7.94. The molecule has 9 heteroatoms. The summed E-state index contributed by atoms with van der Waals surface area (Å²) in [5, 5.41) is 23.8. The average molecular weight is 614 g/mol. The standard InChI is InChI=1S/C35H51NO8/c1-30-14-15-31(2,28(40)41)19-21(30)20-18-22(37)27-32(3)12-11-24(36-25(38)8-9-26(39)44-7)35(6,29(42)43)23(32)10-13-34(27,5)33(20,4)17-16-30/h18,21,23-24,27H,8-17,19H2,1-7H3,(H,36,38)(H,40,41)(H,42,43)/t21-,23+,24-,27+,30+,31-,32-,33+,34+,35-/m0/s1. The number of nitrogens with one attached hydrogen (secondary N) is 1. The topological polar surface area (TPSA) is 147 Å². The predicted octanol–water partition coefficient (Wildman–Crippen LogP) is 5.55. The predicted molar refractivity (Wildman–Crippen MR) is 162 cm³/mol. The van der Waals surface area contributed by atoms with Crippen LogP contribution in [0.25, 0.3) is 0 Å². The molecule has 44 heavy (non-hydrogen) atoms. The van der Waals surface area contributed by atoms with E-state index in [0.717, 1.165) is 24.8 Å². The summed E-state index contributed by atoms with van der Waals surface area (Å²) >= 11 is 0. The minimum atomic E-state index is -1.29. The highest BCUT2D eigenvalue weighted by Crippen LogP contribution is 2.75. The van der Waals surface area contributed by atoms with E-state index in [1.807, 2.05) is 13.0 Å². The number of hydrogen-bond donors (Lipinski definition) is 3. The summed E-state index contributed by atoms with van der Waals surface area (Å²) in [7, 11) is 1.26. The van der Waals surface area contributed by atoms with Crippen molar-refractivity contribution in [1.29, 1.82) is 0 Å². The minimum Gasteiger partial charge on any atom is -0.481 e. The summed E-state index contributed by atoms with van der Waals surface area (Å²) < 4.78 is 4.65. The second-order valence-corrected chi connectivity index (χ2v) is 16.4. The van der Waals surface area contributed by atoms with Crippen LogP contribution >= 0.6 is 0 Å². The third kappa shape index (κ3) is 4.41. The fraction of sp³-hybridized carbons (Fsp3) is 0.800. The number of amides is 1. The summed E-state index contributed by atoms with van der Waals surface area (Å²) in [5.74, 6) is -3.28. The van der Waals surface area contributed by atoms with E-state index in [0.29, 0.717) is 38.5 Å². The Bertz CT molecular complexity index is 1320. The Kier molecular flexibility index (Phi) is 7.73. The number of rotatable bonds is 6. The quantitative estimate of drug-likeness (QED) is 0.330. The summed E-state index contributed by atoms with van der Waals surface area (Å²) in [6.45, 7) is 12.5. The van der Waals surface area contributed by atoms with Crippen LogP contribution < -0.4 is 5.32 Å². The van der Waals surface area contributed by atoms with Gasteiger partial charge >= 0.3 is 17.9 Å². The molecule has 0 aliphatic heterocycles. The minimum absolute atomic E-state index is 0.0172. The van der Waals surface area contributed by atoms with Gasteiger partial charge in [0.15, 0.2) is 5.78 Å². The fourth-order valence-electron chi connectivity index (χ4n) is 11.2. The Balaban J connectivity index is 1.51. The molecule has 4 fully saturated rings. The van der Waals surface area contributed by atoms with E-state index in [1.165, 1.54) is 7.11 Å². The average Bonchev–Trinajstić information content (AvgIpc) is 2.95. The molecule has 5 rings (SSSR count). The van der Waals surface area contributed by atoms with Gasteiger partial charge in [-0.1, -0.05) is 33.3 Å². The number of ketones is 1. The summed E-state index contributed by atoms with van der Waals surface area (Å²) in [5.41, 5.74) is -2.35. The molecule has 0 aromatic rings. The smallest absolute Gasteiger partial charge is 0.311 e. The number of ether oxygens (including phenoxy) is 1. The van der Waals surface area contributed by atoms with Gasteiger partial charge in [-0.05, 0) is 111 Å². The Morgan fingerprint density at radius 3 is 2.16 bits per heavy atom. The van der Waals surface area contributed by atoms with Crippen LogP contribution in [-0.2, 0) is 28.7 Å². The van der Waals surface area contributed by atoms with Gasteiger partial charge in [-0.25, -0.2) is 0 Å². The maximum atomic E-state index is 14.5. The van der Waals surface area contributed by atoms with Crippen molar-refractivity contribution in [2.45, 2.75) is 118 Å². The Morgan fingerprint density at radius 2 is 1.55 bits per heavy atom. The van der Waals surface area contributed by atoms with Gasteiger partial charge in [0.05, 0.1) is 24.4 Å². The maximum Gasteiger partial charge on any atom is 0.311 e. The number of hydrogen-bond acceptors (Lipinski definition) is 6. The molecular formula is C35H51NO8. The van der Waals surface area contributed by atoms with Gasteiger partial charge in [-0.2, -0.15) is 0 Å². The molecule has 0 bridgehead atoms. The third-order valence-electron chi connectivity index (χ3n) is 14.4. The molecule has 1 amide bonds. The van der Waals surface area contributed by atoms with Crippen molar-refractivity contribution in [3.8, 4) is 0 Å². The molecule has 4 saturated carbocycles. The van der Waals surface area contributed by atoms with Crippen molar-refractivity contribution >= 4 is 29.6 Å². The number of carbonyl (C=O) groups excluding carboxylic acids is 3. The lowest BCUT2D eigenvalue weighted by Gasteiger charge is -2.70. The first-order valence-electron chi connectivity index (χ1n) is 16.4. The number of carbonyl (C=O) groups is 5. The SMILES string of the molecule is COC(=O)CCC(=O)N[C@H]1CC[C@@]2(C)[C@@H](CC[C@]3(C)[C@@H]2C(=O)C=C2[C@@H]4C[C@@](C)(C(=O)O)CC[C@]4(C)CC[C@]23C)[C@]1(C)C(=O)O. The number of esters is 1. The normalized spacial score (nSPS) is 46.2. The van der Waals surface area contributed by atoms with Crippen molar-refractivity contribution in [2.24, 2.45) is 50.2 Å². The van der Waals surface area contributed by atoms with Crippen LogP contribution in [-0.4, -0.2) is 53.0 Å². The van der Waals surface area contributed by atoms with Crippen LogP contribution in [0.5, 0.6) is 0 Å². The Morgan fingerprint density at radius 1 is 0.886 bits per heavy atom. The lowest BCUT2D eigenvalue weighted by atomic mass is 9.33. The van der Waals surface area contributed by atoms with E-state index in [9.17, 15) is 34.2 Å². The van der Waals surface area contributed by atoms with Gasteiger partial charge in [0.25, 0.3) is 0 Å². The molecule has 0 heterocycles. The second kappa shape index (κ2) is 10.4. The van der Waals surface area contributed by atoms with Crippen molar-refractivity contribution in [3.05, 3.63) is 11.6 Å². The molecule has 0 saturated heterocycles. The molecule has 244 valence electrons. The first-order chi connectivity index (χ1) is 20.3. The number of carboxylic acids is 2. The van der Waals surface area contributed by atoms with Gasteiger partial charge in [0.1, 0.15) is 0 Å². The highest BCUT2D eigenvalue weighted by Gasteiger charge is 2.72. The van der Waals surface area contributed by atoms with E-state index in [2.05, 4.69) is 37.7 Å². The summed E-state index contributed by atoms with van der Waals surface area (Å²) in [4.78, 5) is 64.4. The van der Waals surface area contributed by atoms with E-state index in [4.69, 9.17) is 0 Å². The van der Waals surface area contributed by atoms with Crippen LogP contribution in [0.4, 0.5) is 0 Å². The molecule has 0 radical (unpaired) electrons. The Hall–Kier alpha value is -2.71.